The Hall–Kier alpha value is -3.37. The predicted octanol–water partition coefficient (Wildman–Crippen LogP) is 2.40. The van der Waals surface area contributed by atoms with Crippen LogP contribution in [-0.2, 0) is 9.59 Å². The summed E-state index contributed by atoms with van der Waals surface area (Å²) in [4.78, 5) is 43.8. The number of aromatic nitrogens is 3. The van der Waals surface area contributed by atoms with Crippen LogP contribution in [0.15, 0.2) is 51.7 Å². The highest BCUT2D eigenvalue weighted by atomic mass is 79.9. The lowest BCUT2D eigenvalue weighted by Gasteiger charge is -2.08. The second-order valence-electron chi connectivity index (χ2n) is 6.86. The predicted molar refractivity (Wildman–Crippen MR) is 119 cm³/mol. The number of para-hydroxylation sites is 1. The van der Waals surface area contributed by atoms with Gasteiger partial charge in [0, 0.05) is 24.0 Å². The number of hydrogen-bond acceptors (Lipinski definition) is 7. The van der Waals surface area contributed by atoms with Crippen molar-refractivity contribution in [2.45, 2.75) is 6.92 Å². The van der Waals surface area contributed by atoms with E-state index in [2.05, 4.69) is 26.0 Å². The maximum Gasteiger partial charge on any atom is 0.308 e. The van der Waals surface area contributed by atoms with Crippen LogP contribution in [0.1, 0.15) is 12.5 Å². The molecule has 0 fully saturated rings. The molecule has 1 aliphatic heterocycles. The zero-order valence-corrected chi connectivity index (χ0v) is 18.7. The van der Waals surface area contributed by atoms with Crippen molar-refractivity contribution in [3.63, 3.8) is 0 Å². The van der Waals surface area contributed by atoms with Gasteiger partial charge in [0.1, 0.15) is 10.3 Å². The number of carbonyl (C=O) groups excluding carboxylic acids is 2. The zero-order chi connectivity index (χ0) is 21.9. The first-order valence-corrected chi connectivity index (χ1v) is 10.8. The molecule has 5 rings (SSSR count). The van der Waals surface area contributed by atoms with Crippen molar-refractivity contribution >= 4 is 55.4 Å². The number of fused-ring (bicyclic) bond motifs is 2. The molecule has 1 amide bonds. The van der Waals surface area contributed by atoms with E-state index >= 15 is 0 Å². The maximum atomic E-state index is 13.2. The topological polar surface area (TPSA) is 93.9 Å². The number of carbonyl (C=O) groups is 2. The fraction of sp³-hybridized carbons (Fsp3) is 0.0952. The molecule has 0 N–H and O–H groups in total. The molecule has 0 spiro atoms. The van der Waals surface area contributed by atoms with Gasteiger partial charge in [-0.15, -0.1) is 5.10 Å². The number of ether oxygens (including phenoxy) is 1. The first-order valence-electron chi connectivity index (χ1n) is 9.15. The van der Waals surface area contributed by atoms with E-state index in [1.807, 2.05) is 18.2 Å². The largest absolute Gasteiger partial charge is 0.426 e. The number of rotatable bonds is 2. The summed E-state index contributed by atoms with van der Waals surface area (Å²) in [6, 6.07) is 12.3. The summed E-state index contributed by atoms with van der Waals surface area (Å²) in [5.41, 5.74) is 1.82. The van der Waals surface area contributed by atoms with E-state index in [0.717, 1.165) is 21.5 Å². The number of amides is 1. The quantitative estimate of drug-likeness (QED) is 0.312. The minimum absolute atomic E-state index is 0.255. The zero-order valence-electron chi connectivity index (χ0n) is 16.2. The first kappa shape index (κ1) is 19.6. The SMILES string of the molecule is CC(=O)Oc1ccccc1-c1nc2sc(=C3C(=O)N(C)c4ccc(Br)cc43)c(=O)n2n1. The highest BCUT2D eigenvalue weighted by Crippen LogP contribution is 2.36. The third-order valence-electron chi connectivity index (χ3n) is 4.87. The van der Waals surface area contributed by atoms with Gasteiger partial charge in [-0.05, 0) is 30.3 Å². The van der Waals surface area contributed by atoms with Gasteiger partial charge in [-0.1, -0.05) is 39.4 Å². The summed E-state index contributed by atoms with van der Waals surface area (Å²) in [5, 5.41) is 4.32. The first-order chi connectivity index (χ1) is 14.8. The third-order valence-corrected chi connectivity index (χ3v) is 6.40. The number of esters is 1. The monoisotopic (exact) mass is 496 g/mol. The molecular weight excluding hydrogens is 484 g/mol. The molecule has 4 aromatic rings. The van der Waals surface area contributed by atoms with Crippen molar-refractivity contribution < 1.29 is 14.3 Å². The fourth-order valence-electron chi connectivity index (χ4n) is 3.51. The van der Waals surface area contributed by atoms with Crippen molar-refractivity contribution in [2.24, 2.45) is 0 Å². The standard InChI is InChI=1S/C21H13BrN4O4S/c1-10(27)30-15-6-4-3-5-12(15)18-23-21-26(24-18)20(29)17(31-21)16-13-9-11(22)7-8-14(13)25(2)19(16)28/h3-9H,1-2H3. The molecule has 0 unspecified atom stereocenters. The summed E-state index contributed by atoms with van der Waals surface area (Å²) >= 11 is 4.53. The molecule has 8 nitrogen and oxygen atoms in total. The van der Waals surface area contributed by atoms with Gasteiger partial charge in [0.25, 0.3) is 11.5 Å². The number of benzene rings is 2. The highest BCUT2D eigenvalue weighted by molar-refractivity contribution is 9.10. The number of halogens is 1. The van der Waals surface area contributed by atoms with Crippen LogP contribution in [0, 0.1) is 0 Å². The van der Waals surface area contributed by atoms with Crippen LogP contribution in [0.5, 0.6) is 5.75 Å². The Bertz CT molecular complexity index is 1520. The van der Waals surface area contributed by atoms with Crippen molar-refractivity contribution in [3.8, 4) is 17.1 Å². The lowest BCUT2D eigenvalue weighted by Crippen LogP contribution is -2.30. The lowest BCUT2D eigenvalue weighted by molar-refractivity contribution is -0.131. The maximum absolute atomic E-state index is 13.2. The summed E-state index contributed by atoms with van der Waals surface area (Å²) in [5.74, 6) is -0.156. The smallest absolute Gasteiger partial charge is 0.308 e. The summed E-state index contributed by atoms with van der Waals surface area (Å²) in [6.07, 6.45) is 0. The Balaban J connectivity index is 1.72. The molecule has 0 saturated carbocycles. The summed E-state index contributed by atoms with van der Waals surface area (Å²) in [6.45, 7) is 1.31. The molecule has 2 aromatic heterocycles. The normalized spacial score (nSPS) is 14.9. The van der Waals surface area contributed by atoms with Crippen molar-refractivity contribution in [2.75, 3.05) is 11.9 Å². The molecule has 3 heterocycles. The van der Waals surface area contributed by atoms with Crippen LogP contribution < -0.4 is 19.7 Å². The molecule has 0 atom stereocenters. The average molecular weight is 497 g/mol. The second-order valence-corrected chi connectivity index (χ2v) is 8.75. The van der Waals surface area contributed by atoms with Gasteiger partial charge < -0.3 is 9.64 Å². The van der Waals surface area contributed by atoms with Gasteiger partial charge >= 0.3 is 5.97 Å². The second kappa shape index (κ2) is 7.10. The van der Waals surface area contributed by atoms with Crippen LogP contribution in [0.25, 0.3) is 21.9 Å². The molecule has 10 heteroatoms. The fourth-order valence-corrected chi connectivity index (χ4v) is 4.87. The van der Waals surface area contributed by atoms with Crippen LogP contribution in [0.3, 0.4) is 0 Å². The van der Waals surface area contributed by atoms with E-state index in [-0.39, 0.29) is 16.3 Å². The Labute approximate surface area is 187 Å². The number of likely N-dealkylation sites (N-methyl/N-ethyl adjacent to an activating group) is 1. The van der Waals surface area contributed by atoms with E-state index in [1.54, 1.807) is 31.3 Å². The van der Waals surface area contributed by atoms with Crippen molar-refractivity contribution in [1.29, 1.82) is 0 Å². The van der Waals surface area contributed by atoms with Crippen LogP contribution >= 0.6 is 27.3 Å². The molecule has 0 bridgehead atoms. The Kier molecular flexibility index (Phi) is 4.49. The molecular formula is C21H13BrN4O4S. The molecule has 0 radical (unpaired) electrons. The number of thiazole rings is 1. The van der Waals surface area contributed by atoms with E-state index < -0.39 is 11.5 Å². The van der Waals surface area contributed by atoms with Crippen molar-refractivity contribution in [3.05, 3.63) is 67.4 Å². The van der Waals surface area contributed by atoms with Gasteiger partial charge in [0.05, 0.1) is 16.8 Å². The molecule has 154 valence electrons. The minimum atomic E-state index is -0.467. The molecule has 0 saturated heterocycles. The summed E-state index contributed by atoms with van der Waals surface area (Å²) in [7, 11) is 1.67. The van der Waals surface area contributed by atoms with E-state index in [4.69, 9.17) is 4.74 Å². The van der Waals surface area contributed by atoms with Gasteiger partial charge in [-0.3, -0.25) is 14.4 Å². The van der Waals surface area contributed by atoms with E-state index in [0.29, 0.717) is 27.4 Å². The van der Waals surface area contributed by atoms with Gasteiger partial charge in [0.2, 0.25) is 4.96 Å². The summed E-state index contributed by atoms with van der Waals surface area (Å²) < 4.78 is 7.49. The van der Waals surface area contributed by atoms with Crippen molar-refractivity contribution in [1.82, 2.24) is 14.6 Å². The van der Waals surface area contributed by atoms with E-state index in [1.165, 1.54) is 16.3 Å². The van der Waals surface area contributed by atoms with Crippen LogP contribution in [0.4, 0.5) is 5.69 Å². The number of anilines is 1. The van der Waals surface area contributed by atoms with Crippen LogP contribution in [0.2, 0.25) is 0 Å². The highest BCUT2D eigenvalue weighted by Gasteiger charge is 2.32. The number of nitrogens with zero attached hydrogens (tertiary/aromatic N) is 4. The Morgan fingerprint density at radius 1 is 1.13 bits per heavy atom. The minimum Gasteiger partial charge on any atom is -0.426 e. The van der Waals surface area contributed by atoms with Gasteiger partial charge in [-0.2, -0.15) is 9.50 Å². The average Bonchev–Trinajstić information content (AvgIpc) is 3.34. The third kappa shape index (κ3) is 3.06. The Morgan fingerprint density at radius 3 is 2.65 bits per heavy atom. The Morgan fingerprint density at radius 2 is 1.90 bits per heavy atom. The van der Waals surface area contributed by atoms with Gasteiger partial charge in [0.15, 0.2) is 5.82 Å². The molecule has 31 heavy (non-hydrogen) atoms. The van der Waals surface area contributed by atoms with Gasteiger partial charge in [-0.25, -0.2) is 0 Å². The number of hydrogen-bond donors (Lipinski definition) is 0. The van der Waals surface area contributed by atoms with Crippen LogP contribution in [-0.4, -0.2) is 33.5 Å². The lowest BCUT2D eigenvalue weighted by atomic mass is 10.1. The molecule has 0 aliphatic carbocycles. The van der Waals surface area contributed by atoms with E-state index in [9.17, 15) is 14.4 Å². The molecule has 2 aromatic carbocycles. The molecule has 1 aliphatic rings.